The van der Waals surface area contributed by atoms with Crippen LogP contribution in [0.15, 0.2) is 48.5 Å². The molecular formula is C29H32FN3O4. The number of alkyl halides is 1. The molecule has 0 radical (unpaired) electrons. The molecule has 8 heteroatoms. The first-order valence-electron chi connectivity index (χ1n) is 12.7. The van der Waals surface area contributed by atoms with Gasteiger partial charge in [0.1, 0.15) is 18.1 Å². The number of morpholine rings is 1. The molecule has 0 bridgehead atoms. The minimum absolute atomic E-state index is 0.108. The van der Waals surface area contributed by atoms with Crippen LogP contribution in [0.5, 0.6) is 5.88 Å². The predicted octanol–water partition coefficient (Wildman–Crippen LogP) is 4.65. The highest BCUT2D eigenvalue weighted by Crippen LogP contribution is 2.40. The lowest BCUT2D eigenvalue weighted by molar-refractivity contribution is 0.102. The van der Waals surface area contributed by atoms with Crippen LogP contribution in [0.3, 0.4) is 0 Å². The van der Waals surface area contributed by atoms with Gasteiger partial charge in [0.2, 0.25) is 5.88 Å². The van der Waals surface area contributed by atoms with Crippen molar-refractivity contribution >= 4 is 17.4 Å². The summed E-state index contributed by atoms with van der Waals surface area (Å²) in [5, 5.41) is 12.2. The number of carbonyl (C=O) groups is 1. The van der Waals surface area contributed by atoms with Crippen molar-refractivity contribution in [2.75, 3.05) is 49.7 Å². The summed E-state index contributed by atoms with van der Waals surface area (Å²) in [6.45, 7) is 6.33. The number of aryl methyl sites for hydroxylation is 2. The molecule has 1 unspecified atom stereocenters. The van der Waals surface area contributed by atoms with Gasteiger partial charge >= 0.3 is 0 Å². The van der Waals surface area contributed by atoms with E-state index < -0.39 is 5.67 Å². The van der Waals surface area contributed by atoms with Gasteiger partial charge in [-0.3, -0.25) is 4.79 Å². The zero-order chi connectivity index (χ0) is 26.0. The van der Waals surface area contributed by atoms with Crippen LogP contribution in [0.4, 0.5) is 15.9 Å². The molecule has 2 aliphatic rings. The molecule has 2 aromatic carbocycles. The average Bonchev–Trinajstić information content (AvgIpc) is 3.22. The van der Waals surface area contributed by atoms with Crippen molar-refractivity contribution in [2.24, 2.45) is 0 Å². The summed E-state index contributed by atoms with van der Waals surface area (Å²) in [6, 6.07) is 14.9. The van der Waals surface area contributed by atoms with Crippen LogP contribution in [0.1, 0.15) is 40.4 Å². The minimum Gasteiger partial charge on any atom is -0.475 e. The maximum Gasteiger partial charge on any atom is 0.255 e. The number of pyridine rings is 1. The van der Waals surface area contributed by atoms with Crippen molar-refractivity contribution in [3.05, 3.63) is 70.8 Å². The third-order valence-corrected chi connectivity index (χ3v) is 7.07. The lowest BCUT2D eigenvalue weighted by Gasteiger charge is -2.28. The number of carbonyl (C=O) groups excluding carboxylic acids is 1. The van der Waals surface area contributed by atoms with Gasteiger partial charge in [-0.15, -0.1) is 0 Å². The summed E-state index contributed by atoms with van der Waals surface area (Å²) >= 11 is 0. The number of fused-ring (bicyclic) bond motifs is 1. The average molecular weight is 506 g/mol. The molecule has 1 saturated heterocycles. The van der Waals surface area contributed by atoms with Gasteiger partial charge in [-0.2, -0.15) is 4.98 Å². The van der Waals surface area contributed by atoms with Crippen LogP contribution in [0.25, 0.3) is 11.1 Å². The highest BCUT2D eigenvalue weighted by atomic mass is 19.1. The van der Waals surface area contributed by atoms with Crippen molar-refractivity contribution in [3.63, 3.8) is 0 Å². The molecule has 7 nitrogen and oxygen atoms in total. The molecule has 194 valence electrons. The molecule has 1 fully saturated rings. The number of nitrogens with zero attached hydrogens (tertiary/aromatic N) is 2. The Morgan fingerprint density at radius 3 is 2.78 bits per heavy atom. The Labute approximate surface area is 216 Å². The van der Waals surface area contributed by atoms with Gasteiger partial charge in [-0.25, -0.2) is 4.39 Å². The number of anilines is 2. The monoisotopic (exact) mass is 505 g/mol. The Hall–Kier alpha value is -3.49. The van der Waals surface area contributed by atoms with E-state index >= 15 is 0 Å². The van der Waals surface area contributed by atoms with Crippen molar-refractivity contribution in [3.8, 4) is 17.0 Å². The Bertz CT molecular complexity index is 1300. The van der Waals surface area contributed by atoms with E-state index in [0.717, 1.165) is 41.2 Å². The molecule has 5 rings (SSSR count). The quantitative estimate of drug-likeness (QED) is 0.487. The van der Waals surface area contributed by atoms with E-state index in [2.05, 4.69) is 15.2 Å². The first kappa shape index (κ1) is 25.2. The standard InChI is InChI=1S/C29H32FN3O4/c1-19-3-6-23(31-28(35)21-5-4-20-7-8-29(2,30)25(20)15-21)18-24(19)22-16-26(33-9-12-36-13-10-33)32-27(17-22)37-14-11-34/h3-6,15-18,34H,7-14H2,1-2H3,(H,31,35). The van der Waals surface area contributed by atoms with Crippen molar-refractivity contribution in [1.29, 1.82) is 0 Å². The fourth-order valence-electron chi connectivity index (χ4n) is 4.96. The molecule has 0 saturated carbocycles. The van der Waals surface area contributed by atoms with E-state index in [1.165, 1.54) is 0 Å². The van der Waals surface area contributed by atoms with Crippen molar-refractivity contribution in [1.82, 2.24) is 4.98 Å². The van der Waals surface area contributed by atoms with Crippen molar-refractivity contribution in [2.45, 2.75) is 32.4 Å². The van der Waals surface area contributed by atoms with Gasteiger partial charge < -0.3 is 24.8 Å². The second-order valence-corrected chi connectivity index (χ2v) is 9.78. The normalized spacial score (nSPS) is 19.0. The fraction of sp³-hybridized carbons (Fsp3) is 0.379. The number of halogens is 1. The summed E-state index contributed by atoms with van der Waals surface area (Å²) in [6.07, 6.45) is 1.13. The molecule has 1 atom stereocenters. The van der Waals surface area contributed by atoms with E-state index in [1.54, 1.807) is 19.1 Å². The topological polar surface area (TPSA) is 83.9 Å². The minimum atomic E-state index is -1.40. The number of benzene rings is 2. The van der Waals surface area contributed by atoms with E-state index in [1.807, 2.05) is 43.3 Å². The Kier molecular flexibility index (Phi) is 7.13. The van der Waals surface area contributed by atoms with Gasteiger partial charge in [0, 0.05) is 30.4 Å². The maximum atomic E-state index is 14.9. The smallest absolute Gasteiger partial charge is 0.255 e. The largest absolute Gasteiger partial charge is 0.475 e. The Morgan fingerprint density at radius 2 is 2.00 bits per heavy atom. The van der Waals surface area contributed by atoms with Crippen LogP contribution in [-0.2, 0) is 16.8 Å². The molecule has 3 aromatic rings. The van der Waals surface area contributed by atoms with Gasteiger partial charge in [0.25, 0.3) is 5.91 Å². The molecule has 1 amide bonds. The van der Waals surface area contributed by atoms with Crippen LogP contribution < -0.4 is 15.0 Å². The first-order chi connectivity index (χ1) is 17.8. The molecule has 1 aromatic heterocycles. The fourth-order valence-corrected chi connectivity index (χ4v) is 4.96. The molecule has 37 heavy (non-hydrogen) atoms. The summed E-state index contributed by atoms with van der Waals surface area (Å²) in [4.78, 5) is 19.9. The number of aromatic nitrogens is 1. The van der Waals surface area contributed by atoms with Crippen LogP contribution >= 0.6 is 0 Å². The number of rotatable bonds is 7. The maximum absolute atomic E-state index is 14.9. The zero-order valence-corrected chi connectivity index (χ0v) is 21.2. The van der Waals surface area contributed by atoms with E-state index in [0.29, 0.717) is 48.7 Å². The number of nitrogens with one attached hydrogen (secondary N) is 1. The molecule has 2 N–H and O–H groups in total. The SMILES string of the molecule is Cc1ccc(NC(=O)c2ccc3c(c2)C(C)(F)CC3)cc1-c1cc(OCCO)nc(N2CCOCC2)c1. The van der Waals surface area contributed by atoms with Gasteiger partial charge in [-0.05, 0) is 84.8 Å². The number of aliphatic hydroxyl groups excluding tert-OH is 1. The predicted molar refractivity (Wildman–Crippen MR) is 141 cm³/mol. The first-order valence-corrected chi connectivity index (χ1v) is 12.7. The Morgan fingerprint density at radius 1 is 1.19 bits per heavy atom. The third kappa shape index (κ3) is 5.45. The number of hydrogen-bond acceptors (Lipinski definition) is 6. The van der Waals surface area contributed by atoms with Crippen molar-refractivity contribution < 1.29 is 23.8 Å². The van der Waals surface area contributed by atoms with Gasteiger partial charge in [-0.1, -0.05) is 12.1 Å². The highest BCUT2D eigenvalue weighted by molar-refractivity contribution is 6.04. The third-order valence-electron chi connectivity index (χ3n) is 7.07. The van der Waals surface area contributed by atoms with E-state index in [9.17, 15) is 14.3 Å². The molecular weight excluding hydrogens is 473 g/mol. The number of aliphatic hydroxyl groups is 1. The van der Waals surface area contributed by atoms with Gasteiger partial charge in [0.15, 0.2) is 0 Å². The molecule has 1 aliphatic carbocycles. The summed E-state index contributed by atoms with van der Waals surface area (Å²) in [5.41, 5.74) is 4.08. The van der Waals surface area contributed by atoms with Gasteiger partial charge in [0.05, 0.1) is 19.8 Å². The highest BCUT2D eigenvalue weighted by Gasteiger charge is 2.34. The van der Waals surface area contributed by atoms with Crippen LogP contribution in [0, 0.1) is 6.92 Å². The summed E-state index contributed by atoms with van der Waals surface area (Å²) in [5.74, 6) is 0.917. The number of ether oxygens (including phenoxy) is 2. The Balaban J connectivity index is 1.44. The molecule has 0 spiro atoms. The molecule has 1 aliphatic heterocycles. The van der Waals surface area contributed by atoms with Crippen LogP contribution in [0.2, 0.25) is 0 Å². The van der Waals surface area contributed by atoms with E-state index in [-0.39, 0.29) is 19.1 Å². The lowest BCUT2D eigenvalue weighted by atomic mass is 9.97. The van der Waals surface area contributed by atoms with Crippen LogP contribution in [-0.4, -0.2) is 55.5 Å². The zero-order valence-electron chi connectivity index (χ0n) is 21.2. The van der Waals surface area contributed by atoms with E-state index in [4.69, 9.17) is 9.47 Å². The lowest BCUT2D eigenvalue weighted by Crippen LogP contribution is -2.36. The number of hydrogen-bond donors (Lipinski definition) is 2. The summed E-state index contributed by atoms with van der Waals surface area (Å²) < 4.78 is 26.0. The number of amides is 1. The second kappa shape index (κ2) is 10.5. The second-order valence-electron chi connectivity index (χ2n) is 9.78. The summed E-state index contributed by atoms with van der Waals surface area (Å²) in [7, 11) is 0. The molecule has 2 heterocycles.